The lowest BCUT2D eigenvalue weighted by molar-refractivity contribution is -0.164. The Morgan fingerprint density at radius 1 is 1.20 bits per heavy atom. The van der Waals surface area contributed by atoms with Crippen LogP contribution in [-0.2, 0) is 15.0 Å². The van der Waals surface area contributed by atoms with Crippen LogP contribution in [0.3, 0.4) is 0 Å². The summed E-state index contributed by atoms with van der Waals surface area (Å²) in [5.74, 6) is -0.763. The number of benzene rings is 1. The number of nitrogens with zero attached hydrogens (tertiary/aromatic N) is 3. The van der Waals surface area contributed by atoms with Crippen molar-refractivity contribution in [1.29, 1.82) is 0 Å². The van der Waals surface area contributed by atoms with Crippen molar-refractivity contribution in [2.24, 2.45) is 0 Å². The summed E-state index contributed by atoms with van der Waals surface area (Å²) < 4.78 is 42.9. The number of aromatic nitrogens is 1. The number of amides is 1. The predicted molar refractivity (Wildman–Crippen MR) is 110 cm³/mol. The van der Waals surface area contributed by atoms with Gasteiger partial charge in [-0.3, -0.25) is 10.0 Å². The van der Waals surface area contributed by atoms with Crippen molar-refractivity contribution in [2.45, 2.75) is 44.1 Å². The average molecular weight is 439 g/mol. The van der Waals surface area contributed by atoms with Gasteiger partial charge in [-0.1, -0.05) is 6.42 Å². The fourth-order valence-corrected chi connectivity index (χ4v) is 6.49. The number of nitrogens with one attached hydrogen (secondary N) is 1. The number of halogens is 1. The number of piperidine rings is 2. The quantitative estimate of drug-likeness (QED) is 0.566. The van der Waals surface area contributed by atoms with Crippen molar-refractivity contribution in [1.82, 2.24) is 18.7 Å². The first-order chi connectivity index (χ1) is 14.3. The standard InChI is InChI=1S/C20H27FN4O4S/c1-23(27)20(26)19-4-2-3-9-25(19)30(28,29)24-10-7-14(8-11-24)17-13-22-18-6-5-15(21)12-16(17)18/h5-6,12-14,19,22,27H,2-4,7-11H2,1H3/t19-/m1/s1. The summed E-state index contributed by atoms with van der Waals surface area (Å²) in [6.07, 6.45) is 4.96. The first-order valence-electron chi connectivity index (χ1n) is 10.3. The zero-order chi connectivity index (χ0) is 21.5. The summed E-state index contributed by atoms with van der Waals surface area (Å²) in [4.78, 5) is 15.5. The Morgan fingerprint density at radius 3 is 2.63 bits per heavy atom. The van der Waals surface area contributed by atoms with Gasteiger partial charge >= 0.3 is 0 Å². The Kier molecular flexibility index (Phi) is 5.84. The molecule has 2 fully saturated rings. The Morgan fingerprint density at radius 2 is 1.93 bits per heavy atom. The minimum Gasteiger partial charge on any atom is -0.361 e. The molecule has 4 rings (SSSR count). The number of hydroxylamine groups is 2. The zero-order valence-corrected chi connectivity index (χ0v) is 17.7. The third kappa shape index (κ3) is 3.84. The number of aromatic amines is 1. The number of H-pyrrole nitrogens is 1. The lowest BCUT2D eigenvalue weighted by atomic mass is 9.90. The van der Waals surface area contributed by atoms with Crippen LogP contribution >= 0.6 is 0 Å². The van der Waals surface area contributed by atoms with Gasteiger partial charge in [0.25, 0.3) is 16.1 Å². The second-order valence-electron chi connectivity index (χ2n) is 8.10. The molecule has 2 saturated heterocycles. The number of fused-ring (bicyclic) bond motifs is 1. The van der Waals surface area contributed by atoms with E-state index in [2.05, 4.69) is 4.98 Å². The van der Waals surface area contributed by atoms with Gasteiger partial charge in [0.2, 0.25) is 0 Å². The van der Waals surface area contributed by atoms with E-state index in [-0.39, 0.29) is 18.3 Å². The SMILES string of the molecule is CN(O)C(=O)[C@H]1CCCCN1S(=O)(=O)N1CCC(c2c[nH]c3ccc(F)cc23)CC1. The van der Waals surface area contributed by atoms with Gasteiger partial charge in [0.15, 0.2) is 0 Å². The van der Waals surface area contributed by atoms with Gasteiger partial charge < -0.3 is 4.98 Å². The maximum atomic E-state index is 13.7. The fraction of sp³-hybridized carbons (Fsp3) is 0.550. The molecule has 0 radical (unpaired) electrons. The molecule has 8 nitrogen and oxygen atoms in total. The van der Waals surface area contributed by atoms with Crippen LogP contribution < -0.4 is 0 Å². The van der Waals surface area contributed by atoms with Crippen molar-refractivity contribution in [2.75, 3.05) is 26.7 Å². The highest BCUT2D eigenvalue weighted by Gasteiger charge is 2.42. The number of carbonyl (C=O) groups is 1. The molecule has 1 atom stereocenters. The maximum Gasteiger partial charge on any atom is 0.282 e. The largest absolute Gasteiger partial charge is 0.361 e. The first kappa shape index (κ1) is 21.2. The average Bonchev–Trinajstić information content (AvgIpc) is 3.16. The molecule has 10 heteroatoms. The molecule has 0 saturated carbocycles. The van der Waals surface area contributed by atoms with Crippen LogP contribution in [-0.4, -0.2) is 70.9 Å². The van der Waals surface area contributed by atoms with Crippen molar-refractivity contribution in [3.63, 3.8) is 0 Å². The van der Waals surface area contributed by atoms with Gasteiger partial charge in [0, 0.05) is 43.8 Å². The van der Waals surface area contributed by atoms with Crippen LogP contribution in [0, 0.1) is 5.82 Å². The molecule has 164 valence electrons. The van der Waals surface area contributed by atoms with Crippen molar-refractivity contribution in [3.05, 3.63) is 35.8 Å². The van der Waals surface area contributed by atoms with E-state index in [1.807, 2.05) is 6.20 Å². The summed E-state index contributed by atoms with van der Waals surface area (Å²) >= 11 is 0. The molecular weight excluding hydrogens is 411 g/mol. The normalized spacial score (nSPS) is 22.4. The van der Waals surface area contributed by atoms with Crippen LogP contribution in [0.2, 0.25) is 0 Å². The molecule has 0 aliphatic carbocycles. The minimum atomic E-state index is -3.81. The highest BCUT2D eigenvalue weighted by Crippen LogP contribution is 2.35. The Bertz CT molecular complexity index is 1030. The lowest BCUT2D eigenvalue weighted by Gasteiger charge is -2.39. The van der Waals surface area contributed by atoms with E-state index in [9.17, 15) is 22.8 Å². The van der Waals surface area contributed by atoms with E-state index < -0.39 is 22.2 Å². The third-order valence-electron chi connectivity index (χ3n) is 6.25. The Labute approximate surface area is 175 Å². The Hall–Kier alpha value is -2.01. The van der Waals surface area contributed by atoms with Crippen molar-refractivity contribution in [3.8, 4) is 0 Å². The zero-order valence-electron chi connectivity index (χ0n) is 16.9. The van der Waals surface area contributed by atoms with Gasteiger partial charge in [0.05, 0.1) is 0 Å². The molecule has 2 N–H and O–H groups in total. The Balaban J connectivity index is 1.49. The van der Waals surface area contributed by atoms with Crippen LogP contribution in [0.1, 0.15) is 43.6 Å². The fourth-order valence-electron chi connectivity index (χ4n) is 4.64. The molecule has 30 heavy (non-hydrogen) atoms. The van der Waals surface area contributed by atoms with Crippen LogP contribution in [0.4, 0.5) is 4.39 Å². The van der Waals surface area contributed by atoms with E-state index >= 15 is 0 Å². The van der Waals surface area contributed by atoms with Gasteiger partial charge in [0.1, 0.15) is 11.9 Å². The van der Waals surface area contributed by atoms with Gasteiger partial charge in [-0.2, -0.15) is 17.0 Å². The summed E-state index contributed by atoms with van der Waals surface area (Å²) in [5, 5.41) is 10.8. The van der Waals surface area contributed by atoms with Crippen LogP contribution in [0.15, 0.2) is 24.4 Å². The summed E-state index contributed by atoms with van der Waals surface area (Å²) in [6, 6.07) is 3.77. The number of rotatable bonds is 4. The molecule has 0 spiro atoms. The molecule has 1 amide bonds. The monoisotopic (exact) mass is 438 g/mol. The number of carbonyl (C=O) groups excluding carboxylic acids is 1. The minimum absolute atomic E-state index is 0.134. The van der Waals surface area contributed by atoms with Crippen molar-refractivity contribution < 1.29 is 22.8 Å². The molecule has 2 aromatic rings. The summed E-state index contributed by atoms with van der Waals surface area (Å²) in [5.41, 5.74) is 1.87. The second kappa shape index (κ2) is 8.26. The van der Waals surface area contributed by atoms with Gasteiger partial charge in [-0.15, -0.1) is 0 Å². The lowest BCUT2D eigenvalue weighted by Crippen LogP contribution is -2.56. The number of hydrogen-bond donors (Lipinski definition) is 2. The molecule has 0 unspecified atom stereocenters. The van der Waals surface area contributed by atoms with Crippen LogP contribution in [0.25, 0.3) is 10.9 Å². The topological polar surface area (TPSA) is 96.9 Å². The third-order valence-corrected chi connectivity index (χ3v) is 8.30. The van der Waals surface area contributed by atoms with E-state index in [1.54, 1.807) is 6.07 Å². The molecule has 0 bridgehead atoms. The van der Waals surface area contributed by atoms with Crippen LogP contribution in [0.5, 0.6) is 0 Å². The van der Waals surface area contributed by atoms with E-state index in [4.69, 9.17) is 0 Å². The molecule has 1 aromatic carbocycles. The first-order valence-corrected chi connectivity index (χ1v) is 11.7. The molecule has 3 heterocycles. The smallest absolute Gasteiger partial charge is 0.282 e. The van der Waals surface area contributed by atoms with Gasteiger partial charge in [-0.05, 0) is 55.4 Å². The summed E-state index contributed by atoms with van der Waals surface area (Å²) in [6.45, 7) is 0.941. The van der Waals surface area contributed by atoms with E-state index in [0.717, 1.165) is 22.9 Å². The van der Waals surface area contributed by atoms with Gasteiger partial charge in [-0.25, -0.2) is 9.45 Å². The highest BCUT2D eigenvalue weighted by atomic mass is 32.2. The summed E-state index contributed by atoms with van der Waals surface area (Å²) in [7, 11) is -2.59. The molecule has 2 aliphatic rings. The van der Waals surface area contributed by atoms with E-state index in [0.29, 0.717) is 43.8 Å². The molecular formula is C20H27FN4O4S. The maximum absolute atomic E-state index is 13.7. The number of hydrogen-bond acceptors (Lipinski definition) is 4. The van der Waals surface area contributed by atoms with E-state index in [1.165, 1.54) is 27.8 Å². The second-order valence-corrected chi connectivity index (χ2v) is 9.98. The van der Waals surface area contributed by atoms with Crippen molar-refractivity contribution >= 4 is 27.0 Å². The number of likely N-dealkylation sites (N-methyl/N-ethyl adjacent to an activating group) is 1. The molecule has 1 aromatic heterocycles. The molecule has 2 aliphatic heterocycles. The predicted octanol–water partition coefficient (Wildman–Crippen LogP) is 2.43. The highest BCUT2D eigenvalue weighted by molar-refractivity contribution is 7.86.